The van der Waals surface area contributed by atoms with Crippen molar-refractivity contribution in [2.75, 3.05) is 11.9 Å². The van der Waals surface area contributed by atoms with Crippen LogP contribution in [0, 0.1) is 18.3 Å². The summed E-state index contributed by atoms with van der Waals surface area (Å²) in [6.07, 6.45) is 7.02. The zero-order valence-corrected chi connectivity index (χ0v) is 18.3. The van der Waals surface area contributed by atoms with E-state index in [1.54, 1.807) is 0 Å². The second kappa shape index (κ2) is 9.67. The van der Waals surface area contributed by atoms with Crippen molar-refractivity contribution in [3.8, 4) is 0 Å². The van der Waals surface area contributed by atoms with Crippen LogP contribution in [-0.2, 0) is 9.59 Å². The molecule has 1 aromatic heterocycles. The van der Waals surface area contributed by atoms with Crippen LogP contribution in [0.1, 0.15) is 78.3 Å². The van der Waals surface area contributed by atoms with Gasteiger partial charge in [0.15, 0.2) is 5.13 Å². The minimum absolute atomic E-state index is 0.115. The van der Waals surface area contributed by atoms with Gasteiger partial charge >= 0.3 is 0 Å². The Bertz CT molecular complexity index is 630. The molecule has 0 aliphatic heterocycles. The second-order valence-corrected chi connectivity index (χ2v) is 10.1. The molecule has 1 fully saturated rings. The number of amides is 2. The largest absolute Gasteiger partial charge is 0.330 e. The number of rotatable bonds is 7. The summed E-state index contributed by atoms with van der Waals surface area (Å²) in [6.45, 7) is 10.8. The molecule has 1 saturated carbocycles. The van der Waals surface area contributed by atoms with Crippen molar-refractivity contribution in [1.82, 2.24) is 9.88 Å². The Labute approximate surface area is 167 Å². The summed E-state index contributed by atoms with van der Waals surface area (Å²) in [6, 6.07) is 0.192. The summed E-state index contributed by atoms with van der Waals surface area (Å²) in [5.41, 5.74) is 1.10. The zero-order valence-electron chi connectivity index (χ0n) is 17.5. The van der Waals surface area contributed by atoms with Crippen LogP contribution < -0.4 is 5.32 Å². The first-order valence-corrected chi connectivity index (χ1v) is 11.0. The van der Waals surface area contributed by atoms with Crippen molar-refractivity contribution in [2.24, 2.45) is 11.3 Å². The molecule has 1 unspecified atom stereocenters. The van der Waals surface area contributed by atoms with Gasteiger partial charge in [0.05, 0.1) is 5.69 Å². The predicted octanol–water partition coefficient (Wildman–Crippen LogP) is 5.01. The van der Waals surface area contributed by atoms with Gasteiger partial charge in [0, 0.05) is 17.8 Å². The fourth-order valence-electron chi connectivity index (χ4n) is 4.07. The molecule has 27 heavy (non-hydrogen) atoms. The SMILES string of the molecule is Cc1csc(NC(=O)CN(C(=O)CC(C)CC(C)(C)C)C2CCCCC2)n1. The van der Waals surface area contributed by atoms with Gasteiger partial charge in [-0.25, -0.2) is 4.98 Å². The molecule has 1 atom stereocenters. The van der Waals surface area contributed by atoms with Gasteiger partial charge in [-0.15, -0.1) is 11.3 Å². The minimum Gasteiger partial charge on any atom is -0.330 e. The molecule has 0 bridgehead atoms. The normalized spacial score (nSPS) is 16.8. The highest BCUT2D eigenvalue weighted by Crippen LogP contribution is 2.28. The first-order valence-electron chi connectivity index (χ1n) is 10.2. The average molecular weight is 394 g/mol. The molecular weight excluding hydrogens is 358 g/mol. The van der Waals surface area contributed by atoms with E-state index >= 15 is 0 Å². The van der Waals surface area contributed by atoms with E-state index in [1.165, 1.54) is 17.8 Å². The van der Waals surface area contributed by atoms with Gasteiger partial charge in [-0.3, -0.25) is 9.59 Å². The molecule has 1 aromatic rings. The monoisotopic (exact) mass is 393 g/mol. The third-order valence-electron chi connectivity index (χ3n) is 5.00. The van der Waals surface area contributed by atoms with Gasteiger partial charge in [-0.05, 0) is 37.5 Å². The van der Waals surface area contributed by atoms with E-state index < -0.39 is 0 Å². The third kappa shape index (κ3) is 7.60. The molecule has 2 amide bonds. The number of nitrogens with one attached hydrogen (secondary N) is 1. The second-order valence-electron chi connectivity index (χ2n) is 9.23. The van der Waals surface area contributed by atoms with Gasteiger partial charge in [-0.2, -0.15) is 0 Å². The zero-order chi connectivity index (χ0) is 20.0. The van der Waals surface area contributed by atoms with Crippen LogP contribution in [0.2, 0.25) is 0 Å². The lowest BCUT2D eigenvalue weighted by Crippen LogP contribution is -2.46. The Morgan fingerprint density at radius 2 is 1.96 bits per heavy atom. The first kappa shape index (κ1) is 21.9. The molecule has 0 saturated heterocycles. The molecule has 6 heteroatoms. The number of carbonyl (C=O) groups excluding carboxylic acids is 2. The fourth-order valence-corrected chi connectivity index (χ4v) is 4.78. The number of hydrogen-bond acceptors (Lipinski definition) is 4. The van der Waals surface area contributed by atoms with Crippen LogP contribution in [0.4, 0.5) is 5.13 Å². The molecule has 2 rings (SSSR count). The van der Waals surface area contributed by atoms with Crippen molar-refractivity contribution in [1.29, 1.82) is 0 Å². The Kier molecular flexibility index (Phi) is 7.83. The summed E-state index contributed by atoms with van der Waals surface area (Å²) >= 11 is 1.42. The number of nitrogens with zero attached hydrogens (tertiary/aromatic N) is 2. The van der Waals surface area contributed by atoms with Gasteiger partial charge in [0.1, 0.15) is 6.54 Å². The summed E-state index contributed by atoms with van der Waals surface area (Å²) < 4.78 is 0. The van der Waals surface area contributed by atoms with E-state index in [1.807, 2.05) is 17.2 Å². The fraction of sp³-hybridized carbons (Fsp3) is 0.762. The number of hydrogen-bond donors (Lipinski definition) is 1. The highest BCUT2D eigenvalue weighted by atomic mass is 32.1. The van der Waals surface area contributed by atoms with E-state index in [0.29, 0.717) is 17.5 Å². The van der Waals surface area contributed by atoms with E-state index in [4.69, 9.17) is 0 Å². The maximum Gasteiger partial charge on any atom is 0.245 e. The van der Waals surface area contributed by atoms with Crippen LogP contribution >= 0.6 is 11.3 Å². The molecule has 0 radical (unpaired) electrons. The first-order chi connectivity index (χ1) is 12.6. The Morgan fingerprint density at radius 3 is 2.52 bits per heavy atom. The number of aromatic nitrogens is 1. The highest BCUT2D eigenvalue weighted by molar-refractivity contribution is 7.13. The lowest BCUT2D eigenvalue weighted by atomic mass is 9.84. The highest BCUT2D eigenvalue weighted by Gasteiger charge is 2.29. The third-order valence-corrected chi connectivity index (χ3v) is 5.87. The van der Waals surface area contributed by atoms with Crippen molar-refractivity contribution in [3.05, 3.63) is 11.1 Å². The number of thiazole rings is 1. The van der Waals surface area contributed by atoms with Crippen LogP contribution in [0.15, 0.2) is 5.38 Å². The molecular formula is C21H35N3O2S. The summed E-state index contributed by atoms with van der Waals surface area (Å²) in [4.78, 5) is 31.7. The number of anilines is 1. The Hall–Kier alpha value is -1.43. The van der Waals surface area contributed by atoms with E-state index in [9.17, 15) is 9.59 Å². The van der Waals surface area contributed by atoms with E-state index in [0.717, 1.165) is 37.8 Å². The average Bonchev–Trinajstić information content (AvgIpc) is 2.96. The van der Waals surface area contributed by atoms with Gasteiger partial charge < -0.3 is 10.2 Å². The Balaban J connectivity index is 2.01. The lowest BCUT2D eigenvalue weighted by Gasteiger charge is -2.35. The minimum atomic E-state index is -0.147. The molecule has 1 heterocycles. The molecule has 1 N–H and O–H groups in total. The number of aryl methyl sites for hydroxylation is 1. The van der Waals surface area contributed by atoms with E-state index in [-0.39, 0.29) is 29.8 Å². The van der Waals surface area contributed by atoms with E-state index in [2.05, 4.69) is 38.0 Å². The standard InChI is InChI=1S/C21H35N3O2S/c1-15(12-21(3,4)5)11-19(26)24(17-9-7-6-8-10-17)13-18(25)23-20-22-16(2)14-27-20/h14-15,17H,6-13H2,1-5H3,(H,22,23,25). The van der Waals surface area contributed by atoms with Crippen LogP contribution in [-0.4, -0.2) is 34.3 Å². The maximum absolute atomic E-state index is 13.1. The topological polar surface area (TPSA) is 62.3 Å². The van der Waals surface area contributed by atoms with Crippen molar-refractivity contribution >= 4 is 28.3 Å². The smallest absolute Gasteiger partial charge is 0.245 e. The summed E-state index contributed by atoms with van der Waals surface area (Å²) in [5.74, 6) is 0.282. The molecule has 0 spiro atoms. The van der Waals surface area contributed by atoms with Crippen molar-refractivity contribution in [2.45, 2.75) is 85.6 Å². The summed E-state index contributed by atoms with van der Waals surface area (Å²) in [7, 11) is 0. The van der Waals surface area contributed by atoms with Crippen LogP contribution in [0.25, 0.3) is 0 Å². The molecule has 5 nitrogen and oxygen atoms in total. The van der Waals surface area contributed by atoms with Gasteiger partial charge in [0.2, 0.25) is 11.8 Å². The molecule has 1 aliphatic rings. The van der Waals surface area contributed by atoms with Crippen LogP contribution in [0.5, 0.6) is 0 Å². The van der Waals surface area contributed by atoms with Gasteiger partial charge in [0.25, 0.3) is 0 Å². The Morgan fingerprint density at radius 1 is 1.30 bits per heavy atom. The lowest BCUT2D eigenvalue weighted by molar-refractivity contribution is -0.138. The number of carbonyl (C=O) groups is 2. The van der Waals surface area contributed by atoms with Crippen molar-refractivity contribution in [3.63, 3.8) is 0 Å². The van der Waals surface area contributed by atoms with Crippen LogP contribution in [0.3, 0.4) is 0 Å². The summed E-state index contributed by atoms with van der Waals surface area (Å²) in [5, 5.41) is 5.37. The molecule has 1 aliphatic carbocycles. The maximum atomic E-state index is 13.1. The van der Waals surface area contributed by atoms with Gasteiger partial charge in [-0.1, -0.05) is 47.0 Å². The predicted molar refractivity (Wildman–Crippen MR) is 112 cm³/mol. The molecule has 152 valence electrons. The quantitative estimate of drug-likeness (QED) is 0.708. The molecule has 0 aromatic carbocycles. The van der Waals surface area contributed by atoms with Crippen molar-refractivity contribution < 1.29 is 9.59 Å².